The highest BCUT2D eigenvalue weighted by molar-refractivity contribution is 7.90. The predicted molar refractivity (Wildman–Crippen MR) is 78.7 cm³/mol. The minimum absolute atomic E-state index is 0.0127. The molecule has 0 radical (unpaired) electrons. The van der Waals surface area contributed by atoms with Crippen molar-refractivity contribution in [3.63, 3.8) is 0 Å². The first-order chi connectivity index (χ1) is 9.29. The van der Waals surface area contributed by atoms with E-state index < -0.39 is 15.7 Å². The lowest BCUT2D eigenvalue weighted by molar-refractivity contribution is 0.602. The van der Waals surface area contributed by atoms with Gasteiger partial charge < -0.3 is 11.1 Å². The lowest BCUT2D eigenvalue weighted by atomic mass is 10.2. The van der Waals surface area contributed by atoms with Crippen molar-refractivity contribution in [1.82, 2.24) is 0 Å². The number of hydrogen-bond donors (Lipinski definition) is 2. The van der Waals surface area contributed by atoms with Crippen LogP contribution in [0.15, 0.2) is 41.3 Å². The van der Waals surface area contributed by atoms with Crippen molar-refractivity contribution in [3.05, 3.63) is 47.2 Å². The summed E-state index contributed by atoms with van der Waals surface area (Å²) in [6.45, 7) is 0. The fraction of sp³-hybridized carbons (Fsp3) is 0.0769. The quantitative estimate of drug-likeness (QED) is 0.853. The number of anilines is 3. The molecule has 2 aromatic rings. The van der Waals surface area contributed by atoms with Crippen molar-refractivity contribution in [3.8, 4) is 0 Å². The summed E-state index contributed by atoms with van der Waals surface area (Å²) < 4.78 is 36.6. The van der Waals surface area contributed by atoms with Crippen LogP contribution in [-0.2, 0) is 9.84 Å². The summed E-state index contributed by atoms with van der Waals surface area (Å²) >= 11 is 5.68. The number of benzene rings is 2. The zero-order chi connectivity index (χ0) is 14.9. The Hall–Kier alpha value is -1.79. The maximum Gasteiger partial charge on any atom is 0.175 e. The molecule has 4 nitrogen and oxygen atoms in total. The smallest absolute Gasteiger partial charge is 0.175 e. The molecule has 0 aromatic heterocycles. The van der Waals surface area contributed by atoms with E-state index in [1.165, 1.54) is 30.3 Å². The molecule has 0 spiro atoms. The summed E-state index contributed by atoms with van der Waals surface area (Å²) in [7, 11) is -3.33. The predicted octanol–water partition coefficient (Wildman–Crippen LogP) is 3.21. The van der Waals surface area contributed by atoms with Gasteiger partial charge in [0, 0.05) is 6.26 Å². The molecule has 0 saturated heterocycles. The molecule has 0 unspecified atom stereocenters. The second-order valence-electron chi connectivity index (χ2n) is 4.25. The molecule has 7 heteroatoms. The Morgan fingerprint density at radius 3 is 2.50 bits per heavy atom. The lowest BCUT2D eigenvalue weighted by Crippen LogP contribution is -2.02. The average Bonchev–Trinajstić information content (AvgIpc) is 2.36. The van der Waals surface area contributed by atoms with Crippen LogP contribution < -0.4 is 11.1 Å². The maximum absolute atomic E-state index is 13.8. The topological polar surface area (TPSA) is 72.2 Å². The van der Waals surface area contributed by atoms with Gasteiger partial charge in [0.05, 0.1) is 27.0 Å². The van der Waals surface area contributed by atoms with Crippen LogP contribution in [0.4, 0.5) is 21.5 Å². The normalized spacial score (nSPS) is 11.3. The zero-order valence-corrected chi connectivity index (χ0v) is 12.1. The summed E-state index contributed by atoms with van der Waals surface area (Å²) in [4.78, 5) is 0.104. The van der Waals surface area contributed by atoms with Gasteiger partial charge in [0.15, 0.2) is 15.7 Å². The molecule has 2 aromatic carbocycles. The van der Waals surface area contributed by atoms with E-state index in [0.717, 1.165) is 6.26 Å². The Balaban J connectivity index is 2.38. The first kappa shape index (κ1) is 14.6. The third-order valence-electron chi connectivity index (χ3n) is 2.67. The standard InChI is InChI=1S/C13H12ClFN2O2S/c1-20(18,19)8-5-6-11(10(16)7-8)17-12-4-2-3-9(14)13(12)15/h2-7,17H,16H2,1H3. The van der Waals surface area contributed by atoms with E-state index in [2.05, 4.69) is 5.32 Å². The average molecular weight is 315 g/mol. The second kappa shape index (κ2) is 5.30. The number of sulfone groups is 1. The zero-order valence-electron chi connectivity index (χ0n) is 10.5. The minimum atomic E-state index is -3.33. The van der Waals surface area contributed by atoms with Crippen molar-refractivity contribution in [2.75, 3.05) is 17.3 Å². The molecular weight excluding hydrogens is 303 g/mol. The molecule has 0 aliphatic heterocycles. The Morgan fingerprint density at radius 1 is 1.20 bits per heavy atom. The van der Waals surface area contributed by atoms with E-state index in [1.807, 2.05) is 0 Å². The van der Waals surface area contributed by atoms with Crippen LogP contribution in [0, 0.1) is 5.82 Å². The number of rotatable bonds is 3. The highest BCUT2D eigenvalue weighted by Crippen LogP contribution is 2.29. The van der Waals surface area contributed by atoms with Crippen molar-refractivity contribution in [1.29, 1.82) is 0 Å². The van der Waals surface area contributed by atoms with Gasteiger partial charge in [-0.2, -0.15) is 0 Å². The third-order valence-corrected chi connectivity index (χ3v) is 4.07. The molecule has 2 rings (SSSR count). The number of nitrogen functional groups attached to an aromatic ring is 1. The first-order valence-electron chi connectivity index (χ1n) is 5.59. The highest BCUT2D eigenvalue weighted by Gasteiger charge is 2.11. The molecule has 0 aliphatic carbocycles. The molecule has 0 fully saturated rings. The van der Waals surface area contributed by atoms with Crippen LogP contribution in [0.5, 0.6) is 0 Å². The molecule has 20 heavy (non-hydrogen) atoms. The van der Waals surface area contributed by atoms with E-state index >= 15 is 0 Å². The Labute approximate surface area is 121 Å². The molecule has 0 saturated carbocycles. The molecule has 0 heterocycles. The van der Waals surface area contributed by atoms with E-state index in [4.69, 9.17) is 17.3 Å². The Bertz CT molecular complexity index is 763. The van der Waals surface area contributed by atoms with Gasteiger partial charge in [-0.25, -0.2) is 12.8 Å². The number of hydrogen-bond acceptors (Lipinski definition) is 4. The minimum Gasteiger partial charge on any atom is -0.397 e. The summed E-state index contributed by atoms with van der Waals surface area (Å²) in [6, 6.07) is 8.72. The fourth-order valence-electron chi connectivity index (χ4n) is 1.63. The van der Waals surface area contributed by atoms with E-state index in [9.17, 15) is 12.8 Å². The van der Waals surface area contributed by atoms with Crippen LogP contribution in [0.3, 0.4) is 0 Å². The lowest BCUT2D eigenvalue weighted by Gasteiger charge is -2.11. The van der Waals surface area contributed by atoms with E-state index in [-0.39, 0.29) is 21.3 Å². The van der Waals surface area contributed by atoms with Crippen molar-refractivity contribution >= 4 is 38.5 Å². The maximum atomic E-state index is 13.8. The SMILES string of the molecule is CS(=O)(=O)c1ccc(Nc2cccc(Cl)c2F)c(N)c1. The van der Waals surface area contributed by atoms with Crippen molar-refractivity contribution in [2.45, 2.75) is 4.90 Å². The monoisotopic (exact) mass is 314 g/mol. The van der Waals surface area contributed by atoms with Gasteiger partial charge in [-0.3, -0.25) is 0 Å². The van der Waals surface area contributed by atoms with Gasteiger partial charge in [0.25, 0.3) is 0 Å². The summed E-state index contributed by atoms with van der Waals surface area (Å²) in [5.41, 5.74) is 6.54. The number of halogens is 2. The van der Waals surface area contributed by atoms with Gasteiger partial charge in [-0.05, 0) is 30.3 Å². The van der Waals surface area contributed by atoms with Gasteiger partial charge in [0.2, 0.25) is 0 Å². The van der Waals surface area contributed by atoms with Crippen LogP contribution in [-0.4, -0.2) is 14.7 Å². The van der Waals surface area contributed by atoms with Crippen molar-refractivity contribution < 1.29 is 12.8 Å². The molecule has 0 aliphatic rings. The first-order valence-corrected chi connectivity index (χ1v) is 7.86. The largest absolute Gasteiger partial charge is 0.397 e. The van der Waals surface area contributed by atoms with Crippen LogP contribution >= 0.6 is 11.6 Å². The summed E-state index contributed by atoms with van der Waals surface area (Å²) in [5.74, 6) is -0.597. The number of nitrogens with two attached hydrogens (primary N) is 1. The van der Waals surface area contributed by atoms with Gasteiger partial charge >= 0.3 is 0 Å². The summed E-state index contributed by atoms with van der Waals surface area (Å²) in [6.07, 6.45) is 1.09. The number of nitrogens with one attached hydrogen (secondary N) is 1. The third kappa shape index (κ3) is 3.02. The molecular formula is C13H12ClFN2O2S. The molecule has 0 bridgehead atoms. The van der Waals surface area contributed by atoms with E-state index in [1.54, 1.807) is 6.07 Å². The van der Waals surface area contributed by atoms with Crippen LogP contribution in [0.2, 0.25) is 5.02 Å². The van der Waals surface area contributed by atoms with Gasteiger partial charge in [0.1, 0.15) is 0 Å². The molecule has 106 valence electrons. The van der Waals surface area contributed by atoms with Gasteiger partial charge in [-0.1, -0.05) is 17.7 Å². The second-order valence-corrected chi connectivity index (χ2v) is 6.67. The fourth-order valence-corrected chi connectivity index (χ4v) is 2.46. The summed E-state index contributed by atoms with van der Waals surface area (Å²) in [5, 5.41) is 2.77. The molecule has 0 atom stereocenters. The van der Waals surface area contributed by atoms with Crippen molar-refractivity contribution in [2.24, 2.45) is 0 Å². The van der Waals surface area contributed by atoms with Crippen LogP contribution in [0.1, 0.15) is 0 Å². The Morgan fingerprint density at radius 2 is 1.90 bits per heavy atom. The molecule has 3 N–H and O–H groups in total. The van der Waals surface area contributed by atoms with Gasteiger partial charge in [-0.15, -0.1) is 0 Å². The van der Waals surface area contributed by atoms with E-state index in [0.29, 0.717) is 5.69 Å². The molecule has 0 amide bonds. The highest BCUT2D eigenvalue weighted by atomic mass is 35.5. The van der Waals surface area contributed by atoms with Crippen LogP contribution in [0.25, 0.3) is 0 Å². The Kier molecular flexibility index (Phi) is 3.87.